The minimum absolute atomic E-state index is 0.277. The average Bonchev–Trinajstić information content (AvgIpc) is 3.19. The van der Waals surface area contributed by atoms with Crippen molar-refractivity contribution in [1.82, 2.24) is 29.9 Å². The van der Waals surface area contributed by atoms with Crippen LogP contribution in [0.2, 0.25) is 0 Å². The maximum Gasteiger partial charge on any atom is 0.277 e. The van der Waals surface area contributed by atoms with E-state index in [2.05, 4.69) is 30.6 Å². The quantitative estimate of drug-likeness (QED) is 0.745. The van der Waals surface area contributed by atoms with Gasteiger partial charge in [0.15, 0.2) is 5.69 Å². The number of hydrogen-bond acceptors (Lipinski definition) is 5. The molecule has 1 fully saturated rings. The molecule has 1 amide bonds. The number of nitrogens with zero attached hydrogens (tertiary/aromatic N) is 5. The molecule has 8 nitrogen and oxygen atoms in total. The van der Waals surface area contributed by atoms with Crippen LogP contribution in [-0.2, 0) is 0 Å². The zero-order valence-corrected chi connectivity index (χ0v) is 14.1. The van der Waals surface area contributed by atoms with Crippen molar-refractivity contribution in [2.45, 2.75) is 38.5 Å². The molecule has 3 aromatic rings. The van der Waals surface area contributed by atoms with Gasteiger partial charge in [0.05, 0.1) is 5.69 Å². The summed E-state index contributed by atoms with van der Waals surface area (Å²) in [6.45, 7) is 4.08. The Morgan fingerprint density at radius 3 is 2.68 bits per heavy atom. The van der Waals surface area contributed by atoms with Crippen LogP contribution in [0.5, 0.6) is 0 Å². The molecule has 2 N–H and O–H groups in total. The lowest BCUT2D eigenvalue weighted by Gasteiger charge is -2.05. The summed E-state index contributed by atoms with van der Waals surface area (Å²) in [5.74, 6) is 1.42. The lowest BCUT2D eigenvalue weighted by atomic mass is 10.1. The highest BCUT2D eigenvalue weighted by Crippen LogP contribution is 2.40. The summed E-state index contributed by atoms with van der Waals surface area (Å²) in [6, 6.07) is 5.40. The van der Waals surface area contributed by atoms with Crippen LogP contribution in [0, 0.1) is 0 Å². The van der Waals surface area contributed by atoms with E-state index in [-0.39, 0.29) is 11.8 Å². The van der Waals surface area contributed by atoms with E-state index in [1.54, 1.807) is 29.2 Å². The Bertz CT molecular complexity index is 893. The molecule has 1 aliphatic carbocycles. The van der Waals surface area contributed by atoms with Crippen molar-refractivity contribution in [3.05, 3.63) is 47.7 Å². The first-order valence-corrected chi connectivity index (χ1v) is 8.36. The smallest absolute Gasteiger partial charge is 0.277 e. The van der Waals surface area contributed by atoms with Gasteiger partial charge in [0, 0.05) is 30.1 Å². The molecular weight excluding hydrogens is 318 g/mol. The van der Waals surface area contributed by atoms with Crippen LogP contribution in [0.4, 0.5) is 5.82 Å². The molecule has 0 spiro atoms. The number of nitrogens with one attached hydrogen (secondary N) is 2. The van der Waals surface area contributed by atoms with Crippen LogP contribution in [0.3, 0.4) is 0 Å². The predicted molar refractivity (Wildman–Crippen MR) is 91.8 cm³/mol. The molecule has 128 valence electrons. The highest BCUT2D eigenvalue weighted by molar-refractivity contribution is 6.02. The van der Waals surface area contributed by atoms with Crippen LogP contribution in [0.25, 0.3) is 5.95 Å². The van der Waals surface area contributed by atoms with E-state index >= 15 is 0 Å². The third-order valence-electron chi connectivity index (χ3n) is 4.16. The molecule has 1 aliphatic rings. The Labute approximate surface area is 144 Å². The van der Waals surface area contributed by atoms with Gasteiger partial charge >= 0.3 is 0 Å². The summed E-state index contributed by atoms with van der Waals surface area (Å²) < 4.78 is 1.57. The third-order valence-corrected chi connectivity index (χ3v) is 4.16. The minimum Gasteiger partial charge on any atom is -0.305 e. The van der Waals surface area contributed by atoms with Gasteiger partial charge in [-0.25, -0.2) is 9.97 Å². The van der Waals surface area contributed by atoms with Crippen LogP contribution in [0.15, 0.2) is 30.6 Å². The molecule has 0 unspecified atom stereocenters. The molecule has 3 aromatic heterocycles. The number of rotatable bonds is 5. The summed E-state index contributed by atoms with van der Waals surface area (Å²) in [6.07, 6.45) is 5.54. The summed E-state index contributed by atoms with van der Waals surface area (Å²) in [7, 11) is 0. The lowest BCUT2D eigenvalue weighted by Crippen LogP contribution is -2.16. The van der Waals surface area contributed by atoms with Crippen molar-refractivity contribution in [3.8, 4) is 5.95 Å². The Hall–Kier alpha value is -3.03. The summed E-state index contributed by atoms with van der Waals surface area (Å²) >= 11 is 0. The highest BCUT2D eigenvalue weighted by atomic mass is 16.2. The number of carbonyl (C=O) groups excluding carboxylic acids is 1. The average molecular weight is 337 g/mol. The first-order chi connectivity index (χ1) is 12.1. The number of hydrogen-bond donors (Lipinski definition) is 2. The Morgan fingerprint density at radius 1 is 1.28 bits per heavy atom. The topological polar surface area (TPSA) is 101 Å². The normalized spacial score (nSPS) is 14.0. The molecule has 8 heteroatoms. The third kappa shape index (κ3) is 3.15. The monoisotopic (exact) mass is 337 g/mol. The van der Waals surface area contributed by atoms with Gasteiger partial charge in [-0.15, -0.1) is 0 Å². The van der Waals surface area contributed by atoms with Gasteiger partial charge in [-0.2, -0.15) is 14.9 Å². The van der Waals surface area contributed by atoms with Gasteiger partial charge in [0.25, 0.3) is 11.9 Å². The minimum atomic E-state index is -0.289. The molecule has 0 saturated heterocycles. The molecule has 0 atom stereocenters. The number of aromatic amines is 1. The standard InChI is InChI=1S/C17H19N7O/c1-10(2)12-8-14(22-21-12)16(25)20-15-9-13(11-4-5-11)23-24(15)17-18-6-3-7-19-17/h3,6-11H,4-5H2,1-2H3,(H,20,25)(H,21,22). The largest absolute Gasteiger partial charge is 0.305 e. The van der Waals surface area contributed by atoms with Crippen molar-refractivity contribution in [1.29, 1.82) is 0 Å². The summed E-state index contributed by atoms with van der Waals surface area (Å²) in [5.41, 5.74) is 2.22. The van der Waals surface area contributed by atoms with Gasteiger partial charge < -0.3 is 5.32 Å². The van der Waals surface area contributed by atoms with Gasteiger partial charge in [-0.05, 0) is 30.9 Å². The summed E-state index contributed by atoms with van der Waals surface area (Å²) in [5, 5.41) is 14.4. The maximum absolute atomic E-state index is 12.6. The molecule has 0 radical (unpaired) electrons. The molecule has 0 bridgehead atoms. The second-order valence-corrected chi connectivity index (χ2v) is 6.51. The predicted octanol–water partition coefficient (Wildman–Crippen LogP) is 2.64. The first-order valence-electron chi connectivity index (χ1n) is 8.36. The number of amides is 1. The van der Waals surface area contributed by atoms with Gasteiger partial charge in [0.2, 0.25) is 0 Å². The molecule has 25 heavy (non-hydrogen) atoms. The molecule has 3 heterocycles. The van der Waals surface area contributed by atoms with E-state index in [0.29, 0.717) is 23.4 Å². The SMILES string of the molecule is CC(C)c1cc(C(=O)Nc2cc(C3CC3)nn2-c2ncccn2)n[nH]1. The number of aromatic nitrogens is 6. The van der Waals surface area contributed by atoms with Crippen LogP contribution in [-0.4, -0.2) is 35.9 Å². The number of carbonyl (C=O) groups is 1. The summed E-state index contributed by atoms with van der Waals surface area (Å²) in [4.78, 5) is 21.0. The van der Waals surface area contributed by atoms with Crippen LogP contribution >= 0.6 is 0 Å². The second-order valence-electron chi connectivity index (χ2n) is 6.51. The fraction of sp³-hybridized carbons (Fsp3) is 0.353. The molecule has 0 aromatic carbocycles. The van der Waals surface area contributed by atoms with E-state index < -0.39 is 0 Å². The Kier molecular flexibility index (Phi) is 3.79. The Balaban J connectivity index is 1.63. The van der Waals surface area contributed by atoms with Crippen molar-refractivity contribution >= 4 is 11.7 Å². The van der Waals surface area contributed by atoms with E-state index in [4.69, 9.17) is 0 Å². The van der Waals surface area contributed by atoms with Gasteiger partial charge in [-0.3, -0.25) is 9.89 Å². The van der Waals surface area contributed by atoms with Crippen molar-refractivity contribution in [3.63, 3.8) is 0 Å². The van der Waals surface area contributed by atoms with E-state index in [1.807, 2.05) is 19.9 Å². The first kappa shape index (κ1) is 15.5. The number of H-pyrrole nitrogens is 1. The maximum atomic E-state index is 12.6. The zero-order valence-electron chi connectivity index (χ0n) is 14.1. The van der Waals surface area contributed by atoms with Crippen molar-refractivity contribution in [2.24, 2.45) is 0 Å². The zero-order chi connectivity index (χ0) is 17.4. The number of anilines is 1. The fourth-order valence-corrected chi connectivity index (χ4v) is 2.55. The molecule has 0 aliphatic heterocycles. The molecule has 4 rings (SSSR count). The van der Waals surface area contributed by atoms with Crippen molar-refractivity contribution < 1.29 is 4.79 Å². The van der Waals surface area contributed by atoms with Crippen LogP contribution < -0.4 is 5.32 Å². The molecule has 1 saturated carbocycles. The van der Waals surface area contributed by atoms with E-state index in [9.17, 15) is 4.79 Å². The van der Waals surface area contributed by atoms with Gasteiger partial charge in [0.1, 0.15) is 5.82 Å². The van der Waals surface area contributed by atoms with E-state index in [1.165, 1.54) is 0 Å². The van der Waals surface area contributed by atoms with E-state index in [0.717, 1.165) is 24.2 Å². The molecular formula is C17H19N7O. The Morgan fingerprint density at radius 2 is 2.04 bits per heavy atom. The lowest BCUT2D eigenvalue weighted by molar-refractivity contribution is 0.102. The van der Waals surface area contributed by atoms with Crippen LogP contribution in [0.1, 0.15) is 60.4 Å². The fourth-order valence-electron chi connectivity index (χ4n) is 2.55. The second kappa shape index (κ2) is 6.12. The van der Waals surface area contributed by atoms with Crippen molar-refractivity contribution in [2.75, 3.05) is 5.32 Å². The van der Waals surface area contributed by atoms with Gasteiger partial charge in [-0.1, -0.05) is 13.8 Å². The highest BCUT2D eigenvalue weighted by Gasteiger charge is 2.28.